The molecule has 0 amide bonds. The van der Waals surface area contributed by atoms with E-state index in [9.17, 15) is 0 Å². The van der Waals surface area contributed by atoms with Crippen LogP contribution < -0.4 is 5.73 Å². The van der Waals surface area contributed by atoms with Gasteiger partial charge in [0, 0.05) is 25.7 Å². The van der Waals surface area contributed by atoms with Gasteiger partial charge in [-0.1, -0.05) is 0 Å². The fourth-order valence-corrected chi connectivity index (χ4v) is 1.82. The third kappa shape index (κ3) is 3.60. The molecule has 1 aliphatic rings. The minimum atomic E-state index is -0.127. The molecule has 3 unspecified atom stereocenters. The number of aliphatic hydroxyl groups is 1. The Morgan fingerprint density at radius 1 is 1.46 bits per heavy atom. The summed E-state index contributed by atoms with van der Waals surface area (Å²) in [6, 6.07) is -0.127. The van der Waals surface area contributed by atoms with Crippen molar-refractivity contribution in [3.8, 4) is 0 Å². The molecule has 1 heterocycles. The molecule has 0 saturated carbocycles. The van der Waals surface area contributed by atoms with Crippen molar-refractivity contribution in [2.75, 3.05) is 26.2 Å². The highest BCUT2D eigenvalue weighted by atomic mass is 16.5. The lowest BCUT2D eigenvalue weighted by atomic mass is 10.2. The number of ether oxygens (including phenoxy) is 1. The summed E-state index contributed by atoms with van der Waals surface area (Å²) in [4.78, 5) is 2.25. The Bertz CT molecular complexity index is 145. The van der Waals surface area contributed by atoms with Crippen LogP contribution in [0.15, 0.2) is 0 Å². The molecule has 0 aromatic heterocycles. The third-order valence-corrected chi connectivity index (χ3v) is 2.22. The van der Waals surface area contributed by atoms with Crippen LogP contribution in [0, 0.1) is 0 Å². The van der Waals surface area contributed by atoms with Crippen LogP contribution in [0.5, 0.6) is 0 Å². The lowest BCUT2D eigenvalue weighted by Crippen LogP contribution is -2.50. The molecule has 1 saturated heterocycles. The first-order valence-electron chi connectivity index (χ1n) is 4.86. The molecule has 0 spiro atoms. The number of rotatable bonds is 3. The van der Waals surface area contributed by atoms with E-state index in [1.165, 1.54) is 0 Å². The third-order valence-electron chi connectivity index (χ3n) is 2.22. The second-order valence-corrected chi connectivity index (χ2v) is 3.92. The smallest absolute Gasteiger partial charge is 0.0678 e. The number of hydrogen-bond acceptors (Lipinski definition) is 4. The molecule has 4 heteroatoms. The monoisotopic (exact) mass is 188 g/mol. The molecule has 1 aliphatic heterocycles. The maximum atomic E-state index is 8.81. The van der Waals surface area contributed by atoms with Crippen LogP contribution in [0.2, 0.25) is 0 Å². The predicted octanol–water partition coefficient (Wildman–Crippen LogP) is -0.585. The van der Waals surface area contributed by atoms with Gasteiger partial charge in [0.25, 0.3) is 0 Å². The summed E-state index contributed by atoms with van der Waals surface area (Å²) in [6.45, 7) is 6.77. The van der Waals surface area contributed by atoms with Crippen molar-refractivity contribution in [3.63, 3.8) is 0 Å². The fourth-order valence-electron chi connectivity index (χ4n) is 1.82. The Balaban J connectivity index is 2.32. The van der Waals surface area contributed by atoms with Gasteiger partial charge in [0.1, 0.15) is 0 Å². The fraction of sp³-hybridized carbons (Fsp3) is 1.00. The van der Waals surface area contributed by atoms with Gasteiger partial charge >= 0.3 is 0 Å². The SMILES string of the molecule is CC1CN(CC(N)CO)CC(C)O1. The van der Waals surface area contributed by atoms with Gasteiger partial charge in [0.15, 0.2) is 0 Å². The van der Waals surface area contributed by atoms with E-state index in [4.69, 9.17) is 15.6 Å². The number of aliphatic hydroxyl groups excluding tert-OH is 1. The molecule has 0 bridgehead atoms. The maximum absolute atomic E-state index is 8.81. The van der Waals surface area contributed by atoms with E-state index >= 15 is 0 Å². The van der Waals surface area contributed by atoms with Gasteiger partial charge in [-0.25, -0.2) is 0 Å². The largest absolute Gasteiger partial charge is 0.395 e. The van der Waals surface area contributed by atoms with Crippen molar-refractivity contribution in [1.82, 2.24) is 4.90 Å². The highest BCUT2D eigenvalue weighted by molar-refractivity contribution is 4.76. The van der Waals surface area contributed by atoms with Crippen LogP contribution in [0.1, 0.15) is 13.8 Å². The molecule has 0 aliphatic carbocycles. The Hall–Kier alpha value is -0.160. The van der Waals surface area contributed by atoms with E-state index in [0.29, 0.717) is 0 Å². The molecule has 13 heavy (non-hydrogen) atoms. The first kappa shape index (κ1) is 10.9. The normalized spacial score (nSPS) is 33.2. The van der Waals surface area contributed by atoms with Crippen molar-refractivity contribution in [2.45, 2.75) is 32.1 Å². The standard InChI is InChI=1S/C9H20N2O2/c1-7-3-11(4-8(2)13-7)5-9(10)6-12/h7-9,12H,3-6,10H2,1-2H3. The van der Waals surface area contributed by atoms with Crippen LogP contribution >= 0.6 is 0 Å². The average molecular weight is 188 g/mol. The number of hydrogen-bond donors (Lipinski definition) is 2. The quantitative estimate of drug-likeness (QED) is 0.622. The van der Waals surface area contributed by atoms with Crippen molar-refractivity contribution in [1.29, 1.82) is 0 Å². The summed E-state index contributed by atoms with van der Waals surface area (Å²) in [5.41, 5.74) is 5.66. The number of nitrogens with two attached hydrogens (primary N) is 1. The van der Waals surface area contributed by atoms with Gasteiger partial charge < -0.3 is 15.6 Å². The molecule has 3 N–H and O–H groups in total. The Labute approximate surface area is 79.7 Å². The zero-order valence-electron chi connectivity index (χ0n) is 8.44. The molecule has 4 nitrogen and oxygen atoms in total. The molecule has 1 rings (SSSR count). The number of morpholine rings is 1. The van der Waals surface area contributed by atoms with Crippen molar-refractivity contribution < 1.29 is 9.84 Å². The first-order valence-corrected chi connectivity index (χ1v) is 4.86. The van der Waals surface area contributed by atoms with Gasteiger partial charge in [0.2, 0.25) is 0 Å². The summed E-state index contributed by atoms with van der Waals surface area (Å²) in [5, 5.41) is 8.81. The van der Waals surface area contributed by atoms with Gasteiger partial charge in [-0.15, -0.1) is 0 Å². The molecule has 1 fully saturated rings. The lowest BCUT2D eigenvalue weighted by molar-refractivity contribution is -0.0700. The van der Waals surface area contributed by atoms with Crippen LogP contribution in [0.4, 0.5) is 0 Å². The molecular formula is C9H20N2O2. The van der Waals surface area contributed by atoms with Crippen molar-refractivity contribution in [3.05, 3.63) is 0 Å². The highest BCUT2D eigenvalue weighted by Crippen LogP contribution is 2.10. The summed E-state index contributed by atoms with van der Waals surface area (Å²) in [6.07, 6.45) is 0.546. The molecule has 0 radical (unpaired) electrons. The van der Waals surface area contributed by atoms with Crippen molar-refractivity contribution in [2.24, 2.45) is 5.73 Å². The first-order chi connectivity index (χ1) is 6.11. The van der Waals surface area contributed by atoms with Crippen LogP contribution in [-0.2, 0) is 4.74 Å². The Kier molecular flexibility index (Phi) is 4.12. The van der Waals surface area contributed by atoms with Gasteiger partial charge in [0.05, 0.1) is 18.8 Å². The van der Waals surface area contributed by atoms with E-state index in [-0.39, 0.29) is 24.9 Å². The highest BCUT2D eigenvalue weighted by Gasteiger charge is 2.22. The van der Waals surface area contributed by atoms with E-state index in [1.807, 2.05) is 0 Å². The van der Waals surface area contributed by atoms with Gasteiger partial charge in [-0.05, 0) is 13.8 Å². The van der Waals surface area contributed by atoms with Crippen LogP contribution in [0.3, 0.4) is 0 Å². The minimum absolute atomic E-state index is 0.0557. The zero-order chi connectivity index (χ0) is 9.84. The van der Waals surface area contributed by atoms with E-state index in [0.717, 1.165) is 19.6 Å². The maximum Gasteiger partial charge on any atom is 0.0678 e. The molecule has 0 aromatic carbocycles. The Morgan fingerprint density at radius 2 is 2.00 bits per heavy atom. The van der Waals surface area contributed by atoms with Gasteiger partial charge in [-0.2, -0.15) is 0 Å². The second-order valence-electron chi connectivity index (χ2n) is 3.92. The van der Waals surface area contributed by atoms with Gasteiger partial charge in [-0.3, -0.25) is 4.90 Å². The topological polar surface area (TPSA) is 58.7 Å². The summed E-state index contributed by atoms with van der Waals surface area (Å²) in [5.74, 6) is 0. The average Bonchev–Trinajstić information content (AvgIpc) is 2.02. The number of nitrogens with zero attached hydrogens (tertiary/aromatic N) is 1. The molecule has 78 valence electrons. The van der Waals surface area contributed by atoms with Crippen LogP contribution in [-0.4, -0.2) is 54.5 Å². The van der Waals surface area contributed by atoms with E-state index in [1.54, 1.807) is 0 Å². The minimum Gasteiger partial charge on any atom is -0.395 e. The lowest BCUT2D eigenvalue weighted by Gasteiger charge is -2.36. The summed E-state index contributed by atoms with van der Waals surface area (Å²) < 4.78 is 5.59. The summed E-state index contributed by atoms with van der Waals surface area (Å²) >= 11 is 0. The summed E-state index contributed by atoms with van der Waals surface area (Å²) in [7, 11) is 0. The second kappa shape index (κ2) is 4.91. The van der Waals surface area contributed by atoms with E-state index in [2.05, 4.69) is 18.7 Å². The van der Waals surface area contributed by atoms with Crippen LogP contribution in [0.25, 0.3) is 0 Å². The molecule has 0 aromatic rings. The van der Waals surface area contributed by atoms with E-state index < -0.39 is 0 Å². The molecule has 3 atom stereocenters. The Morgan fingerprint density at radius 3 is 2.46 bits per heavy atom. The molecular weight excluding hydrogens is 168 g/mol. The van der Waals surface area contributed by atoms with Crippen molar-refractivity contribution >= 4 is 0 Å². The predicted molar refractivity (Wildman–Crippen MR) is 51.5 cm³/mol. The zero-order valence-corrected chi connectivity index (χ0v) is 8.44.